The first-order chi connectivity index (χ1) is 5.83. The van der Waals surface area contributed by atoms with Gasteiger partial charge in [0.2, 0.25) is 0 Å². The lowest BCUT2D eigenvalue weighted by molar-refractivity contribution is 1.11. The third-order valence-corrected chi connectivity index (χ3v) is 2.30. The molecule has 0 bridgehead atoms. The van der Waals surface area contributed by atoms with Gasteiger partial charge in [0, 0.05) is 23.5 Å². The Hall–Kier alpha value is -1.44. The van der Waals surface area contributed by atoms with Crippen molar-refractivity contribution in [3.63, 3.8) is 0 Å². The summed E-state index contributed by atoms with van der Waals surface area (Å²) < 4.78 is 0. The van der Waals surface area contributed by atoms with Crippen molar-refractivity contribution in [2.24, 2.45) is 0 Å². The molecule has 0 amide bonds. The molecule has 0 aliphatic carbocycles. The predicted molar refractivity (Wildman–Crippen MR) is 53.1 cm³/mol. The summed E-state index contributed by atoms with van der Waals surface area (Å²) in [4.78, 5) is 0. The third kappa shape index (κ3) is 0.881. The quantitative estimate of drug-likeness (QED) is 0.615. The van der Waals surface area contributed by atoms with Gasteiger partial charge in [-0.05, 0) is 18.1 Å². The van der Waals surface area contributed by atoms with Crippen molar-refractivity contribution in [3.8, 4) is 0 Å². The lowest BCUT2D eigenvalue weighted by Crippen LogP contribution is -1.94. The van der Waals surface area contributed by atoms with E-state index >= 15 is 0 Å². The second-order valence-electron chi connectivity index (χ2n) is 2.98. The zero-order chi connectivity index (χ0) is 8.55. The number of anilines is 2. The first-order valence-electron chi connectivity index (χ1n) is 4.10. The van der Waals surface area contributed by atoms with Gasteiger partial charge in [-0.25, -0.2) is 0 Å². The average Bonchev–Trinajstić information content (AvgIpc) is 2.53. The summed E-state index contributed by atoms with van der Waals surface area (Å²) in [6, 6.07) is 4.06. The summed E-state index contributed by atoms with van der Waals surface area (Å²) in [5, 5.41) is 3.28. The number of rotatable bonds is 1. The minimum Gasteiger partial charge on any atom is -0.398 e. The molecular formula is C10H12N2. The maximum absolute atomic E-state index is 5.93. The minimum atomic E-state index is 0.882. The molecule has 2 nitrogen and oxygen atoms in total. The van der Waals surface area contributed by atoms with E-state index in [1.54, 1.807) is 6.08 Å². The van der Waals surface area contributed by atoms with E-state index in [1.165, 1.54) is 11.3 Å². The van der Waals surface area contributed by atoms with Gasteiger partial charge in [0.05, 0.1) is 0 Å². The van der Waals surface area contributed by atoms with Crippen LogP contribution >= 0.6 is 0 Å². The van der Waals surface area contributed by atoms with Gasteiger partial charge in [-0.15, -0.1) is 0 Å². The maximum Gasteiger partial charge on any atom is 0.0441 e. The zero-order valence-electron chi connectivity index (χ0n) is 6.93. The lowest BCUT2D eigenvalue weighted by Gasteiger charge is -2.06. The molecule has 1 aliphatic heterocycles. The molecule has 0 spiro atoms. The van der Waals surface area contributed by atoms with Crippen LogP contribution in [0.25, 0.3) is 6.08 Å². The molecule has 0 atom stereocenters. The second kappa shape index (κ2) is 2.55. The molecule has 12 heavy (non-hydrogen) atoms. The number of benzene rings is 1. The van der Waals surface area contributed by atoms with Gasteiger partial charge in [0.25, 0.3) is 0 Å². The van der Waals surface area contributed by atoms with E-state index in [-0.39, 0.29) is 0 Å². The molecule has 0 aromatic heterocycles. The smallest absolute Gasteiger partial charge is 0.0441 e. The molecule has 1 heterocycles. The average molecular weight is 160 g/mol. The van der Waals surface area contributed by atoms with Crippen LogP contribution < -0.4 is 11.1 Å². The van der Waals surface area contributed by atoms with Gasteiger partial charge in [-0.3, -0.25) is 0 Å². The van der Waals surface area contributed by atoms with Crippen LogP contribution in [-0.4, -0.2) is 6.54 Å². The summed E-state index contributed by atoms with van der Waals surface area (Å²) in [5.41, 5.74) is 10.3. The lowest BCUT2D eigenvalue weighted by atomic mass is 10.1. The van der Waals surface area contributed by atoms with Crippen molar-refractivity contribution in [1.82, 2.24) is 0 Å². The summed E-state index contributed by atoms with van der Waals surface area (Å²) >= 11 is 0. The topological polar surface area (TPSA) is 38.0 Å². The highest BCUT2D eigenvalue weighted by Gasteiger charge is 2.13. The number of hydrogen-bond donors (Lipinski definition) is 2. The molecule has 0 saturated carbocycles. The van der Waals surface area contributed by atoms with Crippen LogP contribution in [0.5, 0.6) is 0 Å². The minimum absolute atomic E-state index is 0.882. The Labute approximate surface area is 72.1 Å². The van der Waals surface area contributed by atoms with Crippen LogP contribution in [0.3, 0.4) is 0 Å². The summed E-state index contributed by atoms with van der Waals surface area (Å²) in [5.74, 6) is 0. The van der Waals surface area contributed by atoms with E-state index in [0.717, 1.165) is 24.2 Å². The fourth-order valence-corrected chi connectivity index (χ4v) is 1.62. The fraction of sp³-hybridized carbons (Fsp3) is 0.200. The molecular weight excluding hydrogens is 148 g/mol. The Kier molecular flexibility index (Phi) is 1.54. The maximum atomic E-state index is 5.93. The Balaban J connectivity index is 2.61. The predicted octanol–water partition coefficient (Wildman–Crippen LogP) is 1.88. The molecule has 0 unspecified atom stereocenters. The van der Waals surface area contributed by atoms with Crippen LogP contribution in [0, 0.1) is 0 Å². The first kappa shape index (κ1) is 7.22. The number of nitrogens with two attached hydrogens (primary N) is 1. The van der Waals surface area contributed by atoms with Gasteiger partial charge in [0.15, 0.2) is 0 Å². The number of fused-ring (bicyclic) bond motifs is 1. The van der Waals surface area contributed by atoms with E-state index in [9.17, 15) is 0 Å². The number of hydrogen-bond acceptors (Lipinski definition) is 2. The number of nitrogens with one attached hydrogen (secondary N) is 1. The monoisotopic (exact) mass is 160 g/mol. The van der Waals surface area contributed by atoms with Gasteiger partial charge in [0.1, 0.15) is 0 Å². The SMILES string of the molecule is C=Cc1ccc2c(c1N)CCN2. The van der Waals surface area contributed by atoms with Crippen LogP contribution in [-0.2, 0) is 6.42 Å². The van der Waals surface area contributed by atoms with E-state index in [1.807, 2.05) is 6.07 Å². The molecule has 2 rings (SSSR count). The highest BCUT2D eigenvalue weighted by atomic mass is 14.9. The molecule has 1 aromatic rings. The molecule has 0 fully saturated rings. The fourth-order valence-electron chi connectivity index (χ4n) is 1.62. The molecule has 1 aliphatic rings. The van der Waals surface area contributed by atoms with E-state index < -0.39 is 0 Å². The molecule has 2 heteroatoms. The molecule has 0 radical (unpaired) electrons. The molecule has 0 saturated heterocycles. The molecule has 1 aromatic carbocycles. The largest absolute Gasteiger partial charge is 0.398 e. The standard InChI is InChI=1S/C10H12N2/c1-2-7-3-4-9-8(10(7)11)5-6-12-9/h2-4,12H,1,5-6,11H2. The molecule has 3 N–H and O–H groups in total. The van der Waals surface area contributed by atoms with Crippen molar-refractivity contribution in [2.75, 3.05) is 17.6 Å². The Morgan fingerprint density at radius 3 is 3.08 bits per heavy atom. The van der Waals surface area contributed by atoms with E-state index in [2.05, 4.69) is 18.0 Å². The van der Waals surface area contributed by atoms with E-state index in [4.69, 9.17) is 5.73 Å². The van der Waals surface area contributed by atoms with Gasteiger partial charge in [-0.1, -0.05) is 18.7 Å². The Morgan fingerprint density at radius 2 is 2.33 bits per heavy atom. The highest BCUT2D eigenvalue weighted by Crippen LogP contribution is 2.30. The van der Waals surface area contributed by atoms with Crippen molar-refractivity contribution in [2.45, 2.75) is 6.42 Å². The Morgan fingerprint density at radius 1 is 1.50 bits per heavy atom. The summed E-state index contributed by atoms with van der Waals surface area (Å²) in [7, 11) is 0. The summed E-state index contributed by atoms with van der Waals surface area (Å²) in [6.45, 7) is 4.72. The van der Waals surface area contributed by atoms with Gasteiger partial charge >= 0.3 is 0 Å². The van der Waals surface area contributed by atoms with Crippen molar-refractivity contribution in [3.05, 3.63) is 29.8 Å². The van der Waals surface area contributed by atoms with Crippen molar-refractivity contribution in [1.29, 1.82) is 0 Å². The highest BCUT2D eigenvalue weighted by molar-refractivity contribution is 5.75. The van der Waals surface area contributed by atoms with Crippen LogP contribution in [0.4, 0.5) is 11.4 Å². The van der Waals surface area contributed by atoms with Crippen LogP contribution in [0.2, 0.25) is 0 Å². The second-order valence-corrected chi connectivity index (χ2v) is 2.98. The zero-order valence-corrected chi connectivity index (χ0v) is 6.93. The van der Waals surface area contributed by atoms with Crippen LogP contribution in [0.15, 0.2) is 18.7 Å². The van der Waals surface area contributed by atoms with Gasteiger partial charge in [-0.2, -0.15) is 0 Å². The first-order valence-corrected chi connectivity index (χ1v) is 4.10. The third-order valence-electron chi connectivity index (χ3n) is 2.30. The van der Waals surface area contributed by atoms with E-state index in [0.29, 0.717) is 0 Å². The normalized spacial score (nSPS) is 13.7. The molecule has 62 valence electrons. The Bertz CT molecular complexity index is 329. The van der Waals surface area contributed by atoms with Gasteiger partial charge < -0.3 is 11.1 Å². The summed E-state index contributed by atoms with van der Waals surface area (Å²) in [6.07, 6.45) is 2.83. The van der Waals surface area contributed by atoms with Crippen molar-refractivity contribution >= 4 is 17.5 Å². The number of nitrogen functional groups attached to an aromatic ring is 1. The van der Waals surface area contributed by atoms with Crippen molar-refractivity contribution < 1.29 is 0 Å². The van der Waals surface area contributed by atoms with Crippen LogP contribution in [0.1, 0.15) is 11.1 Å².